The SMILES string of the molecule is C=C(C)C1CC[C@]2(NCCN3CCC(SC)CC3)CC[C@]3(C)[C@H](CC[C@@H]4[C@@]5(C)CC=C(C6=CCC(COc7cccnc7)(C(=O)OCC)CC6)C(C)(C)[C@@H]5CC[C@]43C)[C@@H]12. The maximum Gasteiger partial charge on any atom is 0.315 e. The first-order valence-corrected chi connectivity index (χ1v) is 25.2. The van der Waals surface area contributed by atoms with Gasteiger partial charge in [0, 0.05) is 30.1 Å². The van der Waals surface area contributed by atoms with E-state index in [2.05, 4.69) is 93.5 Å². The van der Waals surface area contributed by atoms with Crippen LogP contribution in [0.4, 0.5) is 0 Å². The van der Waals surface area contributed by atoms with Crippen LogP contribution >= 0.6 is 11.8 Å². The fraction of sp³-hybridized carbons (Fsp3) is 0.769. The number of rotatable bonds is 12. The van der Waals surface area contributed by atoms with Crippen molar-refractivity contribution in [2.24, 2.45) is 56.7 Å². The molecule has 6 aliphatic carbocycles. The Morgan fingerprint density at radius 2 is 1.75 bits per heavy atom. The first-order chi connectivity index (χ1) is 28.2. The van der Waals surface area contributed by atoms with Crippen molar-refractivity contribution in [3.63, 3.8) is 0 Å². The lowest BCUT2D eigenvalue weighted by Crippen LogP contribution is -2.68. The molecule has 5 fully saturated rings. The molecule has 326 valence electrons. The molecule has 59 heavy (non-hydrogen) atoms. The van der Waals surface area contributed by atoms with Crippen molar-refractivity contribution in [1.82, 2.24) is 15.2 Å². The number of allylic oxidation sites excluding steroid dienone is 5. The number of piperidine rings is 1. The molecule has 1 aromatic heterocycles. The van der Waals surface area contributed by atoms with Crippen molar-refractivity contribution in [2.75, 3.05) is 45.6 Å². The van der Waals surface area contributed by atoms with Gasteiger partial charge in [-0.1, -0.05) is 58.9 Å². The van der Waals surface area contributed by atoms with Crippen molar-refractivity contribution < 1.29 is 14.3 Å². The lowest BCUT2D eigenvalue weighted by Gasteiger charge is -2.72. The molecule has 1 aromatic rings. The van der Waals surface area contributed by atoms with Crippen LogP contribution in [-0.2, 0) is 9.53 Å². The summed E-state index contributed by atoms with van der Waals surface area (Å²) in [6, 6.07) is 3.79. The number of aromatic nitrogens is 1. The van der Waals surface area contributed by atoms with Gasteiger partial charge >= 0.3 is 5.97 Å². The molecule has 0 bridgehead atoms. The summed E-state index contributed by atoms with van der Waals surface area (Å²) < 4.78 is 11.9. The molecule has 4 saturated carbocycles. The number of likely N-dealkylation sites (tertiary alicyclic amines) is 1. The van der Waals surface area contributed by atoms with E-state index < -0.39 is 5.41 Å². The molecule has 8 rings (SSSR count). The number of nitrogens with one attached hydrogen (secondary N) is 1. The topological polar surface area (TPSA) is 63.7 Å². The molecule has 0 amide bonds. The van der Waals surface area contributed by atoms with E-state index in [-0.39, 0.29) is 22.3 Å². The van der Waals surface area contributed by atoms with Crippen LogP contribution in [0.5, 0.6) is 5.75 Å². The van der Waals surface area contributed by atoms with Crippen LogP contribution in [0.25, 0.3) is 0 Å². The second-order valence-electron chi connectivity index (χ2n) is 22.0. The molecule has 7 aliphatic rings. The Labute approximate surface area is 363 Å². The summed E-state index contributed by atoms with van der Waals surface area (Å²) in [6.07, 6.45) is 27.7. The minimum absolute atomic E-state index is 0.0703. The molecule has 7 heteroatoms. The zero-order valence-corrected chi connectivity index (χ0v) is 39.1. The van der Waals surface area contributed by atoms with Crippen molar-refractivity contribution in [1.29, 1.82) is 0 Å². The van der Waals surface area contributed by atoms with Crippen LogP contribution in [0.15, 0.2) is 60.0 Å². The van der Waals surface area contributed by atoms with Gasteiger partial charge < -0.3 is 19.7 Å². The Morgan fingerprint density at radius 1 is 0.949 bits per heavy atom. The lowest BCUT2D eigenvalue weighted by atomic mass is 9.33. The predicted molar refractivity (Wildman–Crippen MR) is 244 cm³/mol. The van der Waals surface area contributed by atoms with Gasteiger partial charge in [-0.25, -0.2) is 0 Å². The number of hydrogen-bond donors (Lipinski definition) is 1. The Bertz CT molecular complexity index is 1770. The molecule has 1 aliphatic heterocycles. The molecule has 6 nitrogen and oxygen atoms in total. The Hall–Kier alpha value is -2.09. The molecule has 1 saturated heterocycles. The van der Waals surface area contributed by atoms with E-state index in [1.807, 2.05) is 19.1 Å². The van der Waals surface area contributed by atoms with Gasteiger partial charge in [-0.3, -0.25) is 9.78 Å². The summed E-state index contributed by atoms with van der Waals surface area (Å²) >= 11 is 2.07. The third kappa shape index (κ3) is 7.33. The normalized spacial score (nSPS) is 40.7. The Morgan fingerprint density at radius 3 is 2.42 bits per heavy atom. The van der Waals surface area contributed by atoms with Crippen LogP contribution in [0.2, 0.25) is 0 Å². The fourth-order valence-corrected chi connectivity index (χ4v) is 16.6. The quantitative estimate of drug-likeness (QED) is 0.166. The highest BCUT2D eigenvalue weighted by molar-refractivity contribution is 7.99. The van der Waals surface area contributed by atoms with E-state index in [1.54, 1.807) is 18.0 Å². The molecule has 1 N–H and O–H groups in total. The molecular formula is C52H79N3O3S. The summed E-state index contributed by atoms with van der Waals surface area (Å²) in [7, 11) is 0. The summed E-state index contributed by atoms with van der Waals surface area (Å²) in [6.45, 7) is 27.9. The van der Waals surface area contributed by atoms with Crippen molar-refractivity contribution in [3.8, 4) is 5.75 Å². The van der Waals surface area contributed by atoms with Gasteiger partial charge in [-0.05, 0) is 198 Å². The summed E-state index contributed by atoms with van der Waals surface area (Å²) in [5, 5.41) is 5.24. The van der Waals surface area contributed by atoms with Crippen LogP contribution in [0.3, 0.4) is 0 Å². The number of ether oxygens (including phenoxy) is 2. The summed E-state index contributed by atoms with van der Waals surface area (Å²) in [5.74, 6) is 4.02. The average molecular weight is 826 g/mol. The number of esters is 1. The molecule has 0 spiro atoms. The maximum atomic E-state index is 13.6. The number of nitrogens with zero attached hydrogens (tertiary/aromatic N) is 2. The van der Waals surface area contributed by atoms with Crippen LogP contribution in [0.1, 0.15) is 138 Å². The highest BCUT2D eigenvalue weighted by Crippen LogP contribution is 2.76. The van der Waals surface area contributed by atoms with Crippen LogP contribution < -0.4 is 10.1 Å². The number of pyridine rings is 1. The largest absolute Gasteiger partial charge is 0.491 e. The highest BCUT2D eigenvalue weighted by Gasteiger charge is 2.70. The number of fused-ring (bicyclic) bond motifs is 7. The maximum absolute atomic E-state index is 13.6. The van der Waals surface area contributed by atoms with Gasteiger partial charge in [-0.2, -0.15) is 11.8 Å². The predicted octanol–water partition coefficient (Wildman–Crippen LogP) is 11.5. The summed E-state index contributed by atoms with van der Waals surface area (Å²) in [5.41, 5.74) is 5.04. The third-order valence-electron chi connectivity index (χ3n) is 19.2. The van der Waals surface area contributed by atoms with Crippen molar-refractivity contribution in [2.45, 2.75) is 149 Å². The van der Waals surface area contributed by atoms with E-state index in [1.165, 1.54) is 101 Å². The molecular weight excluding hydrogens is 747 g/mol. The third-order valence-corrected chi connectivity index (χ3v) is 20.4. The second-order valence-corrected chi connectivity index (χ2v) is 23.1. The molecule has 0 aromatic carbocycles. The monoisotopic (exact) mass is 826 g/mol. The molecule has 2 heterocycles. The first kappa shape index (κ1) is 43.6. The molecule has 2 unspecified atom stereocenters. The molecule has 0 radical (unpaired) electrons. The number of carbonyl (C=O) groups is 1. The first-order valence-electron chi connectivity index (χ1n) is 23.9. The minimum Gasteiger partial charge on any atom is -0.491 e. The number of hydrogen-bond acceptors (Lipinski definition) is 7. The zero-order chi connectivity index (χ0) is 41.8. The number of carbonyl (C=O) groups excluding carboxylic acids is 1. The summed E-state index contributed by atoms with van der Waals surface area (Å²) in [4.78, 5) is 20.5. The van der Waals surface area contributed by atoms with E-state index in [9.17, 15) is 4.79 Å². The van der Waals surface area contributed by atoms with E-state index in [0.29, 0.717) is 54.0 Å². The van der Waals surface area contributed by atoms with E-state index in [0.717, 1.165) is 36.5 Å². The fourth-order valence-electron chi connectivity index (χ4n) is 15.9. The molecule has 10 atom stereocenters. The van der Waals surface area contributed by atoms with Crippen LogP contribution in [-0.4, -0.2) is 72.3 Å². The van der Waals surface area contributed by atoms with Gasteiger partial charge in [0.1, 0.15) is 17.8 Å². The smallest absolute Gasteiger partial charge is 0.315 e. The second kappa shape index (κ2) is 16.6. The van der Waals surface area contributed by atoms with Crippen molar-refractivity contribution in [3.05, 3.63) is 60.0 Å². The van der Waals surface area contributed by atoms with Gasteiger partial charge in [0.25, 0.3) is 0 Å². The van der Waals surface area contributed by atoms with Gasteiger partial charge in [0.15, 0.2) is 0 Å². The van der Waals surface area contributed by atoms with E-state index in [4.69, 9.17) is 9.47 Å². The van der Waals surface area contributed by atoms with Crippen LogP contribution in [0, 0.1) is 56.7 Å². The Balaban J connectivity index is 1.01. The van der Waals surface area contributed by atoms with Crippen molar-refractivity contribution >= 4 is 17.7 Å². The Kier molecular flexibility index (Phi) is 12.2. The average Bonchev–Trinajstić information content (AvgIpc) is 3.61. The van der Waals surface area contributed by atoms with Gasteiger partial charge in [-0.15, -0.1) is 0 Å². The highest BCUT2D eigenvalue weighted by atomic mass is 32.2. The standard InChI is InChI=1S/C52H79N3O3S/c1-10-57-46(56)51(35-58-38-12-11-29-53-34-38)24-15-37(16-25-51)41-18-22-48(6)43(47(41,4)5)19-23-50(8)44(48)14-13-42-45-40(36(2)3)17-26-52(45,28-27-49(42,50)7)54-30-33-55-31-20-39(59-9)21-32-55/h11-12,15,18,29,34,39-40,42-45,54H,2,10,13-14,16-17,19-28,30-33,35H2,1,3-9H3/t40?,42-,43+,44-,45-,48+,49-,50-,51?,52+/m1/s1. The van der Waals surface area contributed by atoms with Gasteiger partial charge in [0.2, 0.25) is 0 Å². The lowest BCUT2D eigenvalue weighted by molar-refractivity contribution is -0.221. The number of thioether (sulfide) groups is 1. The van der Waals surface area contributed by atoms with E-state index >= 15 is 0 Å². The minimum atomic E-state index is -0.676. The van der Waals surface area contributed by atoms with Gasteiger partial charge in [0.05, 0.1) is 12.8 Å². The zero-order valence-electron chi connectivity index (χ0n) is 38.3.